The number of hydrazone groups is 1. The van der Waals surface area contributed by atoms with Crippen LogP contribution in [0, 0.1) is 23.7 Å². The molecule has 23 heavy (non-hydrogen) atoms. The van der Waals surface area contributed by atoms with E-state index < -0.39 is 5.84 Å². The number of anilines is 2. The second-order valence-electron chi connectivity index (χ2n) is 4.56. The van der Waals surface area contributed by atoms with Gasteiger partial charge < -0.3 is 11.1 Å². The maximum Gasteiger partial charge on any atom is 0.265 e. The number of amides is 1. The molecule has 0 saturated carbocycles. The number of amidine groups is 1. The Morgan fingerprint density at radius 1 is 1.43 bits per heavy atom. The Labute approximate surface area is 136 Å². The van der Waals surface area contributed by atoms with Gasteiger partial charge in [-0.3, -0.25) is 15.6 Å². The van der Waals surface area contributed by atoms with Gasteiger partial charge in [0.05, 0.1) is 10.6 Å². The number of benzene rings is 1. The fourth-order valence-corrected chi connectivity index (χ4v) is 2.35. The summed E-state index contributed by atoms with van der Waals surface area (Å²) in [5.41, 5.74) is 9.81. The number of hydrogen-bond acceptors (Lipinski definition) is 6. The second kappa shape index (κ2) is 7.20. The summed E-state index contributed by atoms with van der Waals surface area (Å²) in [5, 5.41) is 24.4. The van der Waals surface area contributed by atoms with Crippen molar-refractivity contribution in [3.8, 4) is 6.07 Å². The minimum atomic E-state index is -0.406. The van der Waals surface area contributed by atoms with E-state index in [9.17, 15) is 4.79 Å². The zero-order valence-electron chi connectivity index (χ0n) is 12.3. The molecule has 1 amide bonds. The summed E-state index contributed by atoms with van der Waals surface area (Å²) in [7, 11) is 0. The molecule has 0 aliphatic carbocycles. The molecule has 8 heteroatoms. The molecule has 0 atom stereocenters. The molecular formula is C15H14N6OS. The summed E-state index contributed by atoms with van der Waals surface area (Å²) in [6.07, 6.45) is 0. The lowest BCUT2D eigenvalue weighted by Gasteiger charge is -2.09. The third-order valence-corrected chi connectivity index (χ3v) is 3.75. The summed E-state index contributed by atoms with van der Waals surface area (Å²) in [5.74, 6) is -0.568. The second-order valence-corrected chi connectivity index (χ2v) is 5.51. The fraction of sp³-hybridized carbons (Fsp3) is 0.0667. The first-order valence-electron chi connectivity index (χ1n) is 6.55. The summed E-state index contributed by atoms with van der Waals surface area (Å²) < 4.78 is 0. The molecule has 0 spiro atoms. The van der Waals surface area contributed by atoms with Crippen LogP contribution in [0.4, 0.5) is 11.4 Å². The van der Waals surface area contributed by atoms with Gasteiger partial charge in [0.25, 0.3) is 5.91 Å². The highest BCUT2D eigenvalue weighted by Gasteiger charge is 2.09. The van der Waals surface area contributed by atoms with E-state index in [4.69, 9.17) is 16.4 Å². The Balaban J connectivity index is 2.11. The number of nitrogens with one attached hydrogen (secondary N) is 3. The molecule has 0 radical (unpaired) electrons. The Morgan fingerprint density at radius 3 is 2.78 bits per heavy atom. The summed E-state index contributed by atoms with van der Waals surface area (Å²) >= 11 is 1.37. The summed E-state index contributed by atoms with van der Waals surface area (Å²) in [6, 6.07) is 10.5. The molecule has 0 bridgehead atoms. The molecule has 1 heterocycles. The number of nitriles is 1. The number of thiophene rings is 1. The van der Waals surface area contributed by atoms with Crippen LogP contribution in [0.1, 0.15) is 15.2 Å². The van der Waals surface area contributed by atoms with Gasteiger partial charge in [-0.25, -0.2) is 0 Å². The topological polar surface area (TPSA) is 127 Å². The van der Waals surface area contributed by atoms with E-state index in [1.54, 1.807) is 30.3 Å². The molecule has 0 aliphatic heterocycles. The van der Waals surface area contributed by atoms with Gasteiger partial charge in [-0.15, -0.1) is 11.3 Å². The standard InChI is InChI=1S/C15H14N6OS/c1-9-7-10(20-21-12(8-16)14(17)18)4-5-11(9)19-15(22)13-3-2-6-23-13/h2-7,20H,1H3,(H3,17,18)(H,19,22)/b21-12+. The van der Waals surface area contributed by atoms with Crippen molar-refractivity contribution >= 4 is 40.2 Å². The van der Waals surface area contributed by atoms with Gasteiger partial charge >= 0.3 is 0 Å². The monoisotopic (exact) mass is 326 g/mol. The van der Waals surface area contributed by atoms with Crippen LogP contribution in [-0.4, -0.2) is 17.5 Å². The van der Waals surface area contributed by atoms with Crippen molar-refractivity contribution in [1.82, 2.24) is 0 Å². The lowest BCUT2D eigenvalue weighted by molar-refractivity contribution is 0.103. The lowest BCUT2D eigenvalue weighted by Crippen LogP contribution is -2.21. The Bertz CT molecular complexity index is 804. The van der Waals surface area contributed by atoms with Gasteiger partial charge in [-0.2, -0.15) is 10.4 Å². The molecule has 1 aromatic carbocycles. The molecule has 0 saturated heterocycles. The van der Waals surface area contributed by atoms with Crippen LogP contribution in [0.3, 0.4) is 0 Å². The van der Waals surface area contributed by atoms with Crippen molar-refractivity contribution in [3.05, 3.63) is 46.2 Å². The van der Waals surface area contributed by atoms with E-state index in [2.05, 4.69) is 15.8 Å². The number of aryl methyl sites for hydroxylation is 1. The van der Waals surface area contributed by atoms with Crippen molar-refractivity contribution in [2.75, 3.05) is 10.7 Å². The third kappa shape index (κ3) is 4.15. The number of carbonyl (C=O) groups is 1. The molecule has 116 valence electrons. The molecule has 0 aliphatic rings. The van der Waals surface area contributed by atoms with Crippen LogP contribution in [0.25, 0.3) is 0 Å². The van der Waals surface area contributed by atoms with Gasteiger partial charge in [-0.05, 0) is 42.1 Å². The first-order chi connectivity index (χ1) is 11.0. The highest BCUT2D eigenvalue weighted by molar-refractivity contribution is 7.12. The molecular weight excluding hydrogens is 312 g/mol. The Hall–Kier alpha value is -3.18. The van der Waals surface area contributed by atoms with E-state index >= 15 is 0 Å². The zero-order chi connectivity index (χ0) is 16.8. The van der Waals surface area contributed by atoms with Crippen molar-refractivity contribution in [2.24, 2.45) is 10.8 Å². The summed E-state index contributed by atoms with van der Waals surface area (Å²) in [4.78, 5) is 12.7. The van der Waals surface area contributed by atoms with Crippen LogP contribution in [0.15, 0.2) is 40.8 Å². The molecule has 1 aromatic heterocycles. The predicted octanol–water partition coefficient (Wildman–Crippen LogP) is 2.54. The highest BCUT2D eigenvalue weighted by atomic mass is 32.1. The number of hydrogen-bond donors (Lipinski definition) is 4. The Kier molecular flexibility index (Phi) is 5.07. The normalized spacial score (nSPS) is 10.7. The largest absolute Gasteiger partial charge is 0.382 e. The minimum absolute atomic E-state index is 0.162. The number of nitrogens with two attached hydrogens (primary N) is 1. The maximum absolute atomic E-state index is 12.0. The van der Waals surface area contributed by atoms with Crippen LogP contribution in [0.5, 0.6) is 0 Å². The lowest BCUT2D eigenvalue weighted by atomic mass is 10.2. The van der Waals surface area contributed by atoms with E-state index in [-0.39, 0.29) is 11.6 Å². The number of carbonyl (C=O) groups excluding carboxylic acids is 1. The SMILES string of the molecule is Cc1cc(N/N=C(\C#N)C(=N)N)ccc1NC(=O)c1cccs1. The molecule has 0 unspecified atom stereocenters. The van der Waals surface area contributed by atoms with Crippen molar-refractivity contribution in [3.63, 3.8) is 0 Å². The molecule has 0 fully saturated rings. The number of nitrogens with zero attached hydrogens (tertiary/aromatic N) is 2. The van der Waals surface area contributed by atoms with Crippen LogP contribution in [-0.2, 0) is 0 Å². The summed E-state index contributed by atoms with van der Waals surface area (Å²) in [6.45, 7) is 1.84. The van der Waals surface area contributed by atoms with Gasteiger partial charge in [0.1, 0.15) is 6.07 Å². The molecule has 7 nitrogen and oxygen atoms in total. The minimum Gasteiger partial charge on any atom is -0.382 e. The predicted molar refractivity (Wildman–Crippen MR) is 92.0 cm³/mol. The highest BCUT2D eigenvalue weighted by Crippen LogP contribution is 2.21. The van der Waals surface area contributed by atoms with E-state index in [1.807, 2.05) is 18.4 Å². The van der Waals surface area contributed by atoms with Crippen LogP contribution >= 0.6 is 11.3 Å². The average Bonchev–Trinajstić information content (AvgIpc) is 3.04. The van der Waals surface area contributed by atoms with Gasteiger partial charge in [0, 0.05) is 5.69 Å². The third-order valence-electron chi connectivity index (χ3n) is 2.88. The van der Waals surface area contributed by atoms with E-state index in [0.717, 1.165) is 5.56 Å². The van der Waals surface area contributed by atoms with Crippen molar-refractivity contribution in [2.45, 2.75) is 6.92 Å². The van der Waals surface area contributed by atoms with E-state index in [0.29, 0.717) is 16.3 Å². The molecule has 2 rings (SSSR count). The van der Waals surface area contributed by atoms with Crippen LogP contribution in [0.2, 0.25) is 0 Å². The van der Waals surface area contributed by atoms with E-state index in [1.165, 1.54) is 11.3 Å². The smallest absolute Gasteiger partial charge is 0.265 e. The fourth-order valence-electron chi connectivity index (χ4n) is 1.73. The zero-order valence-corrected chi connectivity index (χ0v) is 13.1. The van der Waals surface area contributed by atoms with Gasteiger partial charge in [0.15, 0.2) is 5.84 Å². The first-order valence-corrected chi connectivity index (χ1v) is 7.43. The number of rotatable bonds is 5. The average molecular weight is 326 g/mol. The Morgan fingerprint density at radius 2 is 2.22 bits per heavy atom. The molecule has 2 aromatic rings. The quantitative estimate of drug-likeness (QED) is 0.382. The van der Waals surface area contributed by atoms with Gasteiger partial charge in [-0.1, -0.05) is 6.07 Å². The first kappa shape index (κ1) is 16.2. The van der Waals surface area contributed by atoms with Crippen LogP contribution < -0.4 is 16.5 Å². The van der Waals surface area contributed by atoms with Crippen molar-refractivity contribution in [1.29, 1.82) is 10.7 Å². The van der Waals surface area contributed by atoms with Gasteiger partial charge in [0.2, 0.25) is 5.71 Å². The van der Waals surface area contributed by atoms with Crippen molar-refractivity contribution < 1.29 is 4.79 Å². The molecule has 5 N–H and O–H groups in total. The maximum atomic E-state index is 12.0.